The zero-order valence-corrected chi connectivity index (χ0v) is 13.2. The molecule has 1 nitrogen and oxygen atoms in total. The highest BCUT2D eigenvalue weighted by molar-refractivity contribution is 9.09. The number of hydrogen-bond acceptors (Lipinski definition) is 1. The van der Waals surface area contributed by atoms with E-state index in [0.29, 0.717) is 22.4 Å². The fourth-order valence-electron chi connectivity index (χ4n) is 1.97. The summed E-state index contributed by atoms with van der Waals surface area (Å²) in [6, 6.07) is 7.40. The summed E-state index contributed by atoms with van der Waals surface area (Å²) in [6.45, 7) is 1.63. The lowest BCUT2D eigenvalue weighted by molar-refractivity contribution is 0.405. The van der Waals surface area contributed by atoms with Crippen molar-refractivity contribution in [1.29, 1.82) is 0 Å². The highest BCUT2D eigenvalue weighted by atomic mass is 79.9. The molecule has 1 atom stereocenters. The van der Waals surface area contributed by atoms with Crippen molar-refractivity contribution in [2.24, 2.45) is 0 Å². The third-order valence-corrected chi connectivity index (χ3v) is 4.32. The van der Waals surface area contributed by atoms with Gasteiger partial charge in [0.15, 0.2) is 0 Å². The number of ether oxygens (including phenoxy) is 1. The fraction of sp³-hybridized carbons (Fsp3) is 0.200. The van der Waals surface area contributed by atoms with Crippen molar-refractivity contribution >= 4 is 27.5 Å². The van der Waals surface area contributed by atoms with E-state index in [1.54, 1.807) is 25.1 Å². The van der Waals surface area contributed by atoms with Crippen molar-refractivity contribution in [2.45, 2.75) is 11.8 Å². The second-order valence-corrected chi connectivity index (χ2v) is 5.66. The van der Waals surface area contributed by atoms with Gasteiger partial charge in [0.2, 0.25) is 0 Å². The van der Waals surface area contributed by atoms with Gasteiger partial charge in [-0.25, -0.2) is 8.78 Å². The van der Waals surface area contributed by atoms with E-state index in [2.05, 4.69) is 15.9 Å². The Balaban J connectivity index is 2.57. The summed E-state index contributed by atoms with van der Waals surface area (Å²) in [4.78, 5) is -0.523. The minimum absolute atomic E-state index is 0.236. The Hall–Kier alpha value is -1.13. The third kappa shape index (κ3) is 2.81. The largest absolute Gasteiger partial charge is 0.496 e. The molecular formula is C15H12BrClF2O. The summed E-state index contributed by atoms with van der Waals surface area (Å²) < 4.78 is 32.7. The first-order valence-corrected chi connectivity index (χ1v) is 7.17. The van der Waals surface area contributed by atoms with Gasteiger partial charge in [0.05, 0.1) is 11.9 Å². The van der Waals surface area contributed by atoms with Gasteiger partial charge in [0, 0.05) is 10.6 Å². The molecule has 20 heavy (non-hydrogen) atoms. The summed E-state index contributed by atoms with van der Waals surface area (Å²) in [7, 11) is 1.47. The van der Waals surface area contributed by atoms with Crippen LogP contribution in [0.2, 0.25) is 5.02 Å². The molecule has 1 unspecified atom stereocenters. The summed E-state index contributed by atoms with van der Waals surface area (Å²) in [5.74, 6) is -0.395. The number of methoxy groups -OCH3 is 1. The summed E-state index contributed by atoms with van der Waals surface area (Å²) in [6.07, 6.45) is 0. The zero-order valence-electron chi connectivity index (χ0n) is 10.9. The summed E-state index contributed by atoms with van der Waals surface area (Å²) in [5.41, 5.74) is 1.38. The van der Waals surface area contributed by atoms with Gasteiger partial charge in [0.25, 0.3) is 0 Å². The van der Waals surface area contributed by atoms with Crippen molar-refractivity contribution in [1.82, 2.24) is 0 Å². The number of alkyl halides is 1. The lowest BCUT2D eigenvalue weighted by Crippen LogP contribution is -2.02. The molecule has 0 heterocycles. The molecule has 0 saturated heterocycles. The smallest absolute Gasteiger partial charge is 0.131 e. The van der Waals surface area contributed by atoms with E-state index >= 15 is 0 Å². The molecule has 0 aromatic heterocycles. The predicted octanol–water partition coefficient (Wildman–Crippen LogP) is 5.42. The van der Waals surface area contributed by atoms with Gasteiger partial charge in [-0.05, 0) is 36.2 Å². The highest BCUT2D eigenvalue weighted by Crippen LogP contribution is 2.41. The van der Waals surface area contributed by atoms with E-state index in [-0.39, 0.29) is 10.8 Å². The topological polar surface area (TPSA) is 9.23 Å². The Kier molecular flexibility index (Phi) is 4.66. The third-order valence-electron chi connectivity index (χ3n) is 3.04. The van der Waals surface area contributed by atoms with Gasteiger partial charge >= 0.3 is 0 Å². The Bertz CT molecular complexity index is 646. The molecule has 2 aromatic carbocycles. The lowest BCUT2D eigenvalue weighted by Gasteiger charge is -2.17. The first kappa shape index (κ1) is 15.3. The van der Waals surface area contributed by atoms with Crippen LogP contribution in [0.1, 0.15) is 21.5 Å². The normalized spacial score (nSPS) is 12.3. The molecular weight excluding hydrogens is 350 g/mol. The van der Waals surface area contributed by atoms with Crippen molar-refractivity contribution in [3.63, 3.8) is 0 Å². The second-order valence-electron chi connectivity index (χ2n) is 4.34. The number of halogens is 4. The Labute approximate surface area is 129 Å². The Morgan fingerprint density at radius 3 is 2.55 bits per heavy atom. The molecule has 106 valence electrons. The van der Waals surface area contributed by atoms with Crippen LogP contribution in [0.5, 0.6) is 5.75 Å². The Morgan fingerprint density at radius 2 is 1.90 bits per heavy atom. The van der Waals surface area contributed by atoms with Crippen LogP contribution in [0.25, 0.3) is 0 Å². The molecule has 0 radical (unpaired) electrons. The number of rotatable bonds is 3. The molecule has 2 rings (SSSR count). The highest BCUT2D eigenvalue weighted by Gasteiger charge is 2.22. The molecule has 2 aromatic rings. The molecule has 0 N–H and O–H groups in total. The first-order chi connectivity index (χ1) is 9.45. The average molecular weight is 362 g/mol. The summed E-state index contributed by atoms with van der Waals surface area (Å²) in [5, 5.41) is 0.236. The van der Waals surface area contributed by atoms with Crippen LogP contribution in [-0.2, 0) is 0 Å². The SMILES string of the molecule is COc1cccc(F)c1C(Br)c1cc(C)c(F)cc1Cl. The van der Waals surface area contributed by atoms with Crippen LogP contribution in [-0.4, -0.2) is 7.11 Å². The standard InChI is InChI=1S/C15H12BrClF2O/c1-8-6-9(10(17)7-12(8)19)15(16)14-11(18)4-3-5-13(14)20-2/h3-7,15H,1-2H3. The molecule has 0 spiro atoms. The van der Waals surface area contributed by atoms with E-state index in [1.165, 1.54) is 19.2 Å². The van der Waals surface area contributed by atoms with E-state index in [4.69, 9.17) is 16.3 Å². The molecule has 0 bridgehead atoms. The van der Waals surface area contributed by atoms with Crippen LogP contribution in [0.15, 0.2) is 30.3 Å². The first-order valence-electron chi connectivity index (χ1n) is 5.87. The van der Waals surface area contributed by atoms with E-state index in [1.807, 2.05) is 0 Å². The van der Waals surface area contributed by atoms with Crippen molar-refractivity contribution in [3.05, 3.63) is 63.7 Å². The maximum absolute atomic E-state index is 14.1. The van der Waals surface area contributed by atoms with E-state index in [9.17, 15) is 8.78 Å². The van der Waals surface area contributed by atoms with Gasteiger partial charge in [0.1, 0.15) is 17.4 Å². The summed E-state index contributed by atoms with van der Waals surface area (Å²) >= 11 is 9.48. The monoisotopic (exact) mass is 360 g/mol. The van der Waals surface area contributed by atoms with Crippen LogP contribution in [0.3, 0.4) is 0 Å². The van der Waals surface area contributed by atoms with Crippen LogP contribution in [0, 0.1) is 18.6 Å². The van der Waals surface area contributed by atoms with E-state index in [0.717, 1.165) is 0 Å². The number of benzene rings is 2. The Morgan fingerprint density at radius 1 is 1.20 bits per heavy atom. The van der Waals surface area contributed by atoms with Gasteiger partial charge in [-0.3, -0.25) is 0 Å². The molecule has 0 aliphatic rings. The van der Waals surface area contributed by atoms with Gasteiger partial charge in [-0.15, -0.1) is 0 Å². The van der Waals surface area contributed by atoms with Crippen molar-refractivity contribution < 1.29 is 13.5 Å². The maximum Gasteiger partial charge on any atom is 0.131 e. The predicted molar refractivity (Wildman–Crippen MR) is 79.9 cm³/mol. The van der Waals surface area contributed by atoms with Crippen LogP contribution >= 0.6 is 27.5 Å². The molecule has 0 aliphatic heterocycles. The lowest BCUT2D eigenvalue weighted by atomic mass is 10.0. The van der Waals surface area contributed by atoms with Crippen molar-refractivity contribution in [3.8, 4) is 5.75 Å². The molecule has 0 saturated carbocycles. The van der Waals surface area contributed by atoms with Gasteiger partial charge in [-0.1, -0.05) is 39.7 Å². The zero-order chi connectivity index (χ0) is 14.9. The van der Waals surface area contributed by atoms with Crippen molar-refractivity contribution in [2.75, 3.05) is 7.11 Å². The number of aryl methyl sites for hydroxylation is 1. The maximum atomic E-state index is 14.1. The molecule has 0 amide bonds. The molecule has 5 heteroatoms. The minimum atomic E-state index is -0.523. The number of hydrogen-bond donors (Lipinski definition) is 0. The molecule has 0 fully saturated rings. The molecule has 0 aliphatic carbocycles. The second kappa shape index (κ2) is 6.10. The van der Waals surface area contributed by atoms with Crippen LogP contribution in [0.4, 0.5) is 8.78 Å². The van der Waals surface area contributed by atoms with Gasteiger partial charge < -0.3 is 4.74 Å². The minimum Gasteiger partial charge on any atom is -0.496 e. The fourth-order valence-corrected chi connectivity index (χ4v) is 3.18. The average Bonchev–Trinajstić information content (AvgIpc) is 2.41. The quantitative estimate of drug-likeness (QED) is 0.663. The van der Waals surface area contributed by atoms with E-state index < -0.39 is 10.6 Å². The van der Waals surface area contributed by atoms with Crippen LogP contribution < -0.4 is 4.74 Å². The van der Waals surface area contributed by atoms with Gasteiger partial charge in [-0.2, -0.15) is 0 Å².